The molecule has 1 saturated carbocycles. The average molecular weight is 337 g/mol. The third-order valence-corrected chi connectivity index (χ3v) is 4.83. The number of rotatable bonds is 2. The first-order chi connectivity index (χ1) is 12.0. The quantitative estimate of drug-likeness (QED) is 0.482. The van der Waals surface area contributed by atoms with Crippen LogP contribution in [0, 0.1) is 11.7 Å². The molecule has 124 valence electrons. The summed E-state index contributed by atoms with van der Waals surface area (Å²) < 4.78 is 13.8. The van der Waals surface area contributed by atoms with Crippen molar-refractivity contribution in [2.45, 2.75) is 12.3 Å². The molecule has 0 spiro atoms. The van der Waals surface area contributed by atoms with Gasteiger partial charge in [-0.2, -0.15) is 0 Å². The van der Waals surface area contributed by atoms with Crippen molar-refractivity contribution in [3.8, 4) is 0 Å². The Labute approximate surface area is 139 Å². The summed E-state index contributed by atoms with van der Waals surface area (Å²) in [6.45, 7) is 0. The molecule has 25 heavy (non-hydrogen) atoms. The topological polar surface area (TPSA) is 118 Å². The number of aromatic amines is 2. The molecule has 4 N–H and O–H groups in total. The summed E-state index contributed by atoms with van der Waals surface area (Å²) in [5.74, 6) is -0.441. The van der Waals surface area contributed by atoms with Crippen LogP contribution in [-0.2, 0) is 4.79 Å². The SMILES string of the molecule is NC(=O)C1CC1c1nc2c3ccc(F)cc3c3c(=O)[nH]cnc3c2[nH]1. The summed E-state index contributed by atoms with van der Waals surface area (Å²) in [6, 6.07) is 4.24. The Kier molecular flexibility index (Phi) is 2.61. The number of carbonyl (C=O) groups excluding carboxylic acids is 1. The van der Waals surface area contributed by atoms with E-state index in [1.165, 1.54) is 18.5 Å². The zero-order chi connectivity index (χ0) is 17.3. The van der Waals surface area contributed by atoms with Crippen LogP contribution in [0.1, 0.15) is 18.2 Å². The van der Waals surface area contributed by atoms with Gasteiger partial charge in [-0.25, -0.2) is 14.4 Å². The first-order valence-electron chi connectivity index (χ1n) is 7.82. The van der Waals surface area contributed by atoms with Gasteiger partial charge in [0, 0.05) is 22.6 Å². The molecule has 0 radical (unpaired) electrons. The number of amides is 1. The first kappa shape index (κ1) is 14.1. The molecule has 1 aliphatic carbocycles. The molecule has 7 nitrogen and oxygen atoms in total. The molecule has 1 aliphatic rings. The van der Waals surface area contributed by atoms with Gasteiger partial charge in [0.1, 0.15) is 17.2 Å². The van der Waals surface area contributed by atoms with Crippen LogP contribution in [0.2, 0.25) is 0 Å². The number of aromatic nitrogens is 4. The summed E-state index contributed by atoms with van der Waals surface area (Å²) in [4.78, 5) is 38.3. The Morgan fingerprint density at radius 3 is 2.88 bits per heavy atom. The fourth-order valence-electron chi connectivity index (χ4n) is 3.51. The number of hydrogen-bond donors (Lipinski definition) is 3. The Bertz CT molecular complexity index is 1260. The van der Waals surface area contributed by atoms with Gasteiger partial charge >= 0.3 is 0 Å². The van der Waals surface area contributed by atoms with Crippen molar-refractivity contribution >= 4 is 38.6 Å². The van der Waals surface area contributed by atoms with E-state index < -0.39 is 5.82 Å². The summed E-state index contributed by atoms with van der Waals surface area (Å²) in [5.41, 5.74) is 6.64. The van der Waals surface area contributed by atoms with Gasteiger partial charge in [-0.05, 0) is 24.6 Å². The van der Waals surface area contributed by atoms with Crippen LogP contribution in [0.4, 0.5) is 4.39 Å². The van der Waals surface area contributed by atoms with Gasteiger partial charge in [0.2, 0.25) is 5.91 Å². The molecule has 5 rings (SSSR count). The van der Waals surface area contributed by atoms with Crippen molar-refractivity contribution in [2.75, 3.05) is 0 Å². The number of nitrogens with two attached hydrogens (primary N) is 1. The molecule has 2 atom stereocenters. The Morgan fingerprint density at radius 2 is 2.12 bits per heavy atom. The maximum atomic E-state index is 13.8. The van der Waals surface area contributed by atoms with E-state index in [-0.39, 0.29) is 23.3 Å². The standard InChI is InChI=1S/C17H12FN5O2/c18-6-1-2-7-8(3-6)11-13(20-5-21-17(11)25)14-12(7)22-16(23-14)10-4-9(10)15(19)24/h1-3,5,9-10H,4H2,(H2,19,24)(H,22,23)(H,20,21,25). The third kappa shape index (κ3) is 1.90. The molecule has 0 aliphatic heterocycles. The lowest BCUT2D eigenvalue weighted by molar-refractivity contribution is -0.119. The molecule has 1 amide bonds. The second kappa shape index (κ2) is 4.62. The number of H-pyrrole nitrogens is 2. The summed E-state index contributed by atoms with van der Waals surface area (Å²) in [6.07, 6.45) is 1.95. The summed E-state index contributed by atoms with van der Waals surface area (Å²) >= 11 is 0. The fraction of sp³-hybridized carbons (Fsp3) is 0.176. The van der Waals surface area contributed by atoms with Crippen molar-refractivity contribution in [1.29, 1.82) is 0 Å². The molecule has 4 aromatic rings. The van der Waals surface area contributed by atoms with Crippen LogP contribution < -0.4 is 11.3 Å². The number of benzene rings is 2. The smallest absolute Gasteiger partial charge is 0.259 e. The van der Waals surface area contributed by atoms with Gasteiger partial charge in [-0.15, -0.1) is 0 Å². The fourth-order valence-corrected chi connectivity index (χ4v) is 3.51. The van der Waals surface area contributed by atoms with E-state index in [0.717, 1.165) is 0 Å². The highest BCUT2D eigenvalue weighted by molar-refractivity contribution is 6.21. The number of nitrogens with one attached hydrogen (secondary N) is 2. The molecular formula is C17H12FN5O2. The molecule has 0 bridgehead atoms. The van der Waals surface area contributed by atoms with E-state index in [4.69, 9.17) is 5.73 Å². The number of fused-ring (bicyclic) bond motifs is 6. The van der Waals surface area contributed by atoms with Gasteiger partial charge in [0.05, 0.1) is 22.7 Å². The van der Waals surface area contributed by atoms with E-state index in [9.17, 15) is 14.0 Å². The minimum atomic E-state index is -0.442. The van der Waals surface area contributed by atoms with E-state index in [1.54, 1.807) is 6.07 Å². The summed E-state index contributed by atoms with van der Waals surface area (Å²) in [7, 11) is 0. The number of halogens is 1. The monoisotopic (exact) mass is 337 g/mol. The first-order valence-corrected chi connectivity index (χ1v) is 7.82. The van der Waals surface area contributed by atoms with Gasteiger partial charge in [0.25, 0.3) is 5.56 Å². The van der Waals surface area contributed by atoms with Crippen LogP contribution in [0.3, 0.4) is 0 Å². The van der Waals surface area contributed by atoms with Crippen molar-refractivity contribution in [3.05, 3.63) is 46.5 Å². The minimum Gasteiger partial charge on any atom is -0.369 e. The van der Waals surface area contributed by atoms with Crippen LogP contribution >= 0.6 is 0 Å². The normalized spacial score (nSPS) is 19.7. The molecule has 0 saturated heterocycles. The number of primary amides is 1. The predicted octanol–water partition coefficient (Wildman–Crippen LogP) is 1.68. The number of hydrogen-bond acceptors (Lipinski definition) is 4. The molecule has 2 aromatic heterocycles. The molecule has 2 aromatic carbocycles. The van der Waals surface area contributed by atoms with Crippen LogP contribution in [0.5, 0.6) is 0 Å². The van der Waals surface area contributed by atoms with E-state index >= 15 is 0 Å². The Hall–Kier alpha value is -3.29. The highest BCUT2D eigenvalue weighted by atomic mass is 19.1. The lowest BCUT2D eigenvalue weighted by Crippen LogP contribution is -2.13. The highest BCUT2D eigenvalue weighted by Crippen LogP contribution is 2.47. The van der Waals surface area contributed by atoms with Gasteiger partial charge in [0.15, 0.2) is 0 Å². The van der Waals surface area contributed by atoms with E-state index in [0.29, 0.717) is 45.0 Å². The third-order valence-electron chi connectivity index (χ3n) is 4.83. The molecule has 8 heteroatoms. The lowest BCUT2D eigenvalue weighted by Gasteiger charge is -2.04. The van der Waals surface area contributed by atoms with Crippen molar-refractivity contribution in [3.63, 3.8) is 0 Å². The van der Waals surface area contributed by atoms with E-state index in [1.807, 2.05) is 0 Å². The number of nitrogens with zero attached hydrogens (tertiary/aromatic N) is 2. The Morgan fingerprint density at radius 1 is 1.28 bits per heavy atom. The van der Waals surface area contributed by atoms with Crippen molar-refractivity contribution in [2.24, 2.45) is 11.7 Å². The zero-order valence-corrected chi connectivity index (χ0v) is 12.8. The van der Waals surface area contributed by atoms with Crippen molar-refractivity contribution in [1.82, 2.24) is 19.9 Å². The predicted molar refractivity (Wildman–Crippen MR) is 89.5 cm³/mol. The molecule has 2 heterocycles. The number of imidazole rings is 1. The second-order valence-electron chi connectivity index (χ2n) is 6.34. The van der Waals surface area contributed by atoms with Crippen LogP contribution in [-0.4, -0.2) is 25.8 Å². The molecule has 2 unspecified atom stereocenters. The van der Waals surface area contributed by atoms with Crippen molar-refractivity contribution < 1.29 is 9.18 Å². The second-order valence-corrected chi connectivity index (χ2v) is 6.34. The Balaban J connectivity index is 1.91. The molecular weight excluding hydrogens is 325 g/mol. The zero-order valence-electron chi connectivity index (χ0n) is 12.8. The average Bonchev–Trinajstić information content (AvgIpc) is 3.27. The molecule has 1 fully saturated rings. The van der Waals surface area contributed by atoms with Crippen LogP contribution in [0.25, 0.3) is 32.7 Å². The van der Waals surface area contributed by atoms with Gasteiger partial charge < -0.3 is 15.7 Å². The maximum absolute atomic E-state index is 13.8. The van der Waals surface area contributed by atoms with E-state index in [2.05, 4.69) is 19.9 Å². The lowest BCUT2D eigenvalue weighted by atomic mass is 10.0. The number of carbonyl (C=O) groups is 1. The maximum Gasteiger partial charge on any atom is 0.259 e. The largest absolute Gasteiger partial charge is 0.369 e. The highest BCUT2D eigenvalue weighted by Gasteiger charge is 2.45. The van der Waals surface area contributed by atoms with Crippen LogP contribution in [0.15, 0.2) is 29.3 Å². The van der Waals surface area contributed by atoms with Gasteiger partial charge in [-0.3, -0.25) is 9.59 Å². The summed E-state index contributed by atoms with van der Waals surface area (Å²) in [5, 5.41) is 1.42. The minimum absolute atomic E-state index is 0.0579. The van der Waals surface area contributed by atoms with Gasteiger partial charge in [-0.1, -0.05) is 0 Å².